The van der Waals surface area contributed by atoms with Gasteiger partial charge in [-0.3, -0.25) is 9.59 Å². The van der Waals surface area contributed by atoms with Crippen LogP contribution < -0.4 is 19.7 Å². The van der Waals surface area contributed by atoms with E-state index in [1.54, 1.807) is 48.5 Å². The third-order valence-electron chi connectivity index (χ3n) is 6.97. The molecular formula is C32H36ClN3O5. The van der Waals surface area contributed by atoms with Crippen LogP contribution in [0, 0.1) is 0 Å². The van der Waals surface area contributed by atoms with Crippen LogP contribution in [-0.2, 0) is 16.0 Å². The van der Waals surface area contributed by atoms with Gasteiger partial charge >= 0.3 is 6.03 Å². The second kappa shape index (κ2) is 14.6. The third-order valence-corrected chi connectivity index (χ3v) is 7.22. The fraction of sp³-hybridized carbons (Fsp3) is 0.344. The molecule has 0 aliphatic carbocycles. The lowest BCUT2D eigenvalue weighted by Crippen LogP contribution is -2.39. The zero-order valence-electron chi connectivity index (χ0n) is 23.5. The zero-order chi connectivity index (χ0) is 29.2. The van der Waals surface area contributed by atoms with Crippen molar-refractivity contribution in [3.8, 4) is 11.5 Å². The fourth-order valence-electron chi connectivity index (χ4n) is 4.72. The number of carbonyl (C=O) groups excluding carboxylic acids is 3. The van der Waals surface area contributed by atoms with Crippen molar-refractivity contribution in [2.45, 2.75) is 51.5 Å². The molecule has 4 amide bonds. The number of halogens is 1. The van der Waals surface area contributed by atoms with E-state index in [2.05, 4.69) is 12.2 Å². The molecular weight excluding hydrogens is 542 g/mol. The average molecular weight is 578 g/mol. The van der Waals surface area contributed by atoms with Gasteiger partial charge in [-0.05, 0) is 66.9 Å². The number of nitrogens with one attached hydrogen (secondary N) is 1. The van der Waals surface area contributed by atoms with Crippen molar-refractivity contribution in [3.05, 3.63) is 83.4 Å². The molecule has 1 N–H and O–H groups in total. The Kier molecular flexibility index (Phi) is 10.6. The van der Waals surface area contributed by atoms with Crippen molar-refractivity contribution < 1.29 is 23.9 Å². The van der Waals surface area contributed by atoms with Crippen molar-refractivity contribution in [1.29, 1.82) is 0 Å². The highest BCUT2D eigenvalue weighted by molar-refractivity contribution is 6.30. The number of ether oxygens (including phenoxy) is 2. The summed E-state index contributed by atoms with van der Waals surface area (Å²) in [4.78, 5) is 42.8. The molecule has 0 spiro atoms. The van der Waals surface area contributed by atoms with Gasteiger partial charge < -0.3 is 19.7 Å². The average Bonchev–Trinajstić information content (AvgIpc) is 3.21. The van der Waals surface area contributed by atoms with Crippen LogP contribution in [-0.4, -0.2) is 49.0 Å². The number of nitrogens with zero attached hydrogens (tertiary/aromatic N) is 2. The molecule has 3 aromatic carbocycles. The van der Waals surface area contributed by atoms with Crippen molar-refractivity contribution in [2.75, 3.05) is 30.5 Å². The molecule has 9 heteroatoms. The first-order valence-corrected chi connectivity index (χ1v) is 14.3. The molecule has 41 heavy (non-hydrogen) atoms. The minimum absolute atomic E-state index is 0.179. The number of methoxy groups -OCH3 is 1. The SMILES string of the molecule is CCCCCCOc1ccc(NC(=O)CC2C(=O)N(c3cccc(OC)c3)C(=O)N2CCc2ccc(Cl)cc2)cc1. The van der Waals surface area contributed by atoms with Crippen LogP contribution in [0.15, 0.2) is 72.8 Å². The Hall–Kier alpha value is -4.04. The van der Waals surface area contributed by atoms with Crippen molar-refractivity contribution >= 4 is 40.8 Å². The number of unbranched alkanes of at least 4 members (excludes halogenated alkanes) is 3. The zero-order valence-corrected chi connectivity index (χ0v) is 24.2. The highest BCUT2D eigenvalue weighted by Crippen LogP contribution is 2.30. The molecule has 1 atom stereocenters. The summed E-state index contributed by atoms with van der Waals surface area (Å²) in [6.07, 6.45) is 4.83. The van der Waals surface area contributed by atoms with E-state index in [1.807, 2.05) is 24.3 Å². The molecule has 8 nitrogen and oxygen atoms in total. The van der Waals surface area contributed by atoms with E-state index in [0.717, 1.165) is 29.1 Å². The summed E-state index contributed by atoms with van der Waals surface area (Å²) in [5.74, 6) is 0.429. The van der Waals surface area contributed by atoms with E-state index in [1.165, 1.54) is 24.9 Å². The Labute approximate surface area is 246 Å². The predicted molar refractivity (Wildman–Crippen MR) is 161 cm³/mol. The minimum Gasteiger partial charge on any atom is -0.497 e. The lowest BCUT2D eigenvalue weighted by molar-refractivity contribution is -0.124. The van der Waals surface area contributed by atoms with Crippen molar-refractivity contribution in [3.63, 3.8) is 0 Å². The summed E-state index contributed by atoms with van der Waals surface area (Å²) in [5, 5.41) is 3.47. The number of carbonyl (C=O) groups is 3. The maximum Gasteiger partial charge on any atom is 0.332 e. The lowest BCUT2D eigenvalue weighted by atomic mass is 10.1. The van der Waals surface area contributed by atoms with Crippen LogP contribution >= 0.6 is 11.6 Å². The van der Waals surface area contributed by atoms with Crippen LogP contribution in [0.3, 0.4) is 0 Å². The van der Waals surface area contributed by atoms with Gasteiger partial charge in [-0.25, -0.2) is 9.69 Å². The Balaban J connectivity index is 1.44. The summed E-state index contributed by atoms with van der Waals surface area (Å²) < 4.78 is 11.1. The molecule has 0 radical (unpaired) electrons. The molecule has 0 aromatic heterocycles. The number of hydrogen-bond donors (Lipinski definition) is 1. The predicted octanol–water partition coefficient (Wildman–Crippen LogP) is 6.72. The molecule has 1 aliphatic heterocycles. The lowest BCUT2D eigenvalue weighted by Gasteiger charge is -2.21. The van der Waals surface area contributed by atoms with Gasteiger partial charge in [0, 0.05) is 23.3 Å². The molecule has 0 bridgehead atoms. The minimum atomic E-state index is -0.952. The first-order chi connectivity index (χ1) is 19.9. The standard InChI is InChI=1S/C32H36ClN3O5/c1-3-4-5-6-20-41-27-16-14-25(15-17-27)34-30(37)22-29-31(38)36(26-8-7-9-28(21-26)40-2)32(39)35(29)19-18-23-10-12-24(33)13-11-23/h7-17,21,29H,3-6,18-20,22H2,1-2H3,(H,34,37). The molecule has 1 fully saturated rings. The van der Waals surface area contributed by atoms with Gasteiger partial charge in [0.2, 0.25) is 5.91 Å². The second-order valence-electron chi connectivity index (χ2n) is 9.93. The van der Waals surface area contributed by atoms with E-state index >= 15 is 0 Å². The molecule has 4 rings (SSSR count). The molecule has 1 unspecified atom stereocenters. The van der Waals surface area contributed by atoms with Crippen molar-refractivity contribution in [2.24, 2.45) is 0 Å². The molecule has 0 saturated carbocycles. The largest absolute Gasteiger partial charge is 0.497 e. The molecule has 1 aliphatic rings. The highest BCUT2D eigenvalue weighted by Gasteiger charge is 2.46. The van der Waals surface area contributed by atoms with Gasteiger partial charge in [0.15, 0.2) is 0 Å². The van der Waals surface area contributed by atoms with E-state index < -0.39 is 18.0 Å². The molecule has 1 saturated heterocycles. The number of rotatable bonds is 14. The summed E-state index contributed by atoms with van der Waals surface area (Å²) in [6, 6.07) is 19.8. The molecule has 216 valence electrons. The number of amides is 4. The van der Waals surface area contributed by atoms with Crippen molar-refractivity contribution in [1.82, 2.24) is 4.90 Å². The Morgan fingerprint density at radius 1 is 0.951 bits per heavy atom. The quantitative estimate of drug-likeness (QED) is 0.170. The Morgan fingerprint density at radius 2 is 1.71 bits per heavy atom. The Morgan fingerprint density at radius 3 is 2.41 bits per heavy atom. The third kappa shape index (κ3) is 8.01. The van der Waals surface area contributed by atoms with E-state index in [4.69, 9.17) is 21.1 Å². The number of benzene rings is 3. The molecule has 1 heterocycles. The summed E-state index contributed by atoms with van der Waals surface area (Å²) in [7, 11) is 1.52. The summed E-state index contributed by atoms with van der Waals surface area (Å²) in [6.45, 7) is 3.08. The first-order valence-electron chi connectivity index (χ1n) is 14.0. The van der Waals surface area contributed by atoms with E-state index in [0.29, 0.717) is 35.2 Å². The van der Waals surface area contributed by atoms with Crippen LogP contribution in [0.1, 0.15) is 44.6 Å². The number of imide groups is 1. The number of hydrogen-bond acceptors (Lipinski definition) is 5. The number of urea groups is 1. The van der Waals surface area contributed by atoms with E-state index in [9.17, 15) is 14.4 Å². The van der Waals surface area contributed by atoms with Crippen LogP contribution in [0.2, 0.25) is 5.02 Å². The van der Waals surface area contributed by atoms with Gasteiger partial charge in [-0.15, -0.1) is 0 Å². The van der Waals surface area contributed by atoms with Gasteiger partial charge in [0.05, 0.1) is 25.8 Å². The van der Waals surface area contributed by atoms with Crippen LogP contribution in [0.4, 0.5) is 16.2 Å². The van der Waals surface area contributed by atoms with Crippen LogP contribution in [0.25, 0.3) is 0 Å². The highest BCUT2D eigenvalue weighted by atomic mass is 35.5. The van der Waals surface area contributed by atoms with Gasteiger partial charge in [0.25, 0.3) is 5.91 Å². The van der Waals surface area contributed by atoms with Gasteiger partial charge in [-0.2, -0.15) is 0 Å². The number of anilines is 2. The smallest absolute Gasteiger partial charge is 0.332 e. The maximum atomic E-state index is 13.6. The Bertz CT molecular complexity index is 1330. The molecule has 3 aromatic rings. The fourth-order valence-corrected chi connectivity index (χ4v) is 4.84. The second-order valence-corrected chi connectivity index (χ2v) is 10.4. The van der Waals surface area contributed by atoms with E-state index in [-0.39, 0.29) is 18.9 Å². The summed E-state index contributed by atoms with van der Waals surface area (Å²) >= 11 is 6.01. The normalized spacial score (nSPS) is 14.9. The van der Waals surface area contributed by atoms with Gasteiger partial charge in [0.1, 0.15) is 17.5 Å². The monoisotopic (exact) mass is 577 g/mol. The maximum absolute atomic E-state index is 13.6. The first kappa shape index (κ1) is 29.9. The van der Waals surface area contributed by atoms with Crippen LogP contribution in [0.5, 0.6) is 11.5 Å². The van der Waals surface area contributed by atoms with Gasteiger partial charge in [-0.1, -0.05) is 56.0 Å². The summed E-state index contributed by atoms with van der Waals surface area (Å²) in [5.41, 5.74) is 1.94. The topological polar surface area (TPSA) is 88.2 Å².